The summed E-state index contributed by atoms with van der Waals surface area (Å²) in [5, 5.41) is 10.2. The number of rotatable bonds is 3. The third-order valence-corrected chi connectivity index (χ3v) is 4.44. The first-order chi connectivity index (χ1) is 8.20. The van der Waals surface area contributed by atoms with Crippen LogP contribution in [0.1, 0.15) is 53.3 Å². The van der Waals surface area contributed by atoms with E-state index in [1.807, 2.05) is 13.8 Å². The zero-order valence-corrected chi connectivity index (χ0v) is 14.0. The molecule has 1 rings (SSSR count). The van der Waals surface area contributed by atoms with Crippen LogP contribution in [0, 0.1) is 40.5 Å². The molecule has 2 nitrogen and oxygen atoms in total. The summed E-state index contributed by atoms with van der Waals surface area (Å²) in [6.07, 6.45) is -0.496. The van der Waals surface area contributed by atoms with Gasteiger partial charge in [0, 0.05) is 0 Å². The highest BCUT2D eigenvalue weighted by Gasteiger charge is 2.25. The minimum atomic E-state index is -0.496. The Bertz CT molecular complexity index is 426. The van der Waals surface area contributed by atoms with E-state index in [4.69, 9.17) is 5.73 Å². The Kier molecular flexibility index (Phi) is 6.53. The van der Waals surface area contributed by atoms with E-state index in [9.17, 15) is 5.11 Å². The molecule has 0 aliphatic carbocycles. The van der Waals surface area contributed by atoms with E-state index in [1.165, 1.54) is 27.8 Å². The third-order valence-electron chi connectivity index (χ3n) is 4.44. The Morgan fingerprint density at radius 2 is 1.11 bits per heavy atom. The van der Waals surface area contributed by atoms with Crippen molar-refractivity contribution in [1.82, 2.24) is 0 Å². The fourth-order valence-corrected chi connectivity index (χ4v) is 2.61. The van der Waals surface area contributed by atoms with Crippen molar-refractivity contribution in [2.75, 3.05) is 0 Å². The smallest absolute Gasteiger partial charge is 0.0755 e. The highest BCUT2D eigenvalue weighted by Crippen LogP contribution is 2.32. The number of hydrogen-bond donors (Lipinski definition) is 2. The summed E-state index contributed by atoms with van der Waals surface area (Å²) in [5.41, 5.74) is 13.8. The van der Waals surface area contributed by atoms with Crippen molar-refractivity contribution >= 4 is 12.4 Å². The molecule has 1 aromatic rings. The maximum atomic E-state index is 10.2. The quantitative estimate of drug-likeness (QED) is 0.890. The second-order valence-electron chi connectivity index (χ2n) is 5.80. The molecule has 0 aromatic heterocycles. The first-order valence-electron chi connectivity index (χ1n) is 6.70. The minimum Gasteiger partial charge on any atom is -0.391 e. The van der Waals surface area contributed by atoms with Gasteiger partial charge in [0.05, 0.1) is 12.1 Å². The molecule has 0 aliphatic rings. The Labute approximate surface area is 123 Å². The molecule has 0 unspecified atom stereocenters. The van der Waals surface area contributed by atoms with E-state index in [0.29, 0.717) is 0 Å². The lowest BCUT2D eigenvalue weighted by Crippen LogP contribution is -2.32. The fraction of sp³-hybridized carbons (Fsp3) is 0.625. The van der Waals surface area contributed by atoms with Gasteiger partial charge in [-0.05, 0) is 73.9 Å². The van der Waals surface area contributed by atoms with E-state index in [0.717, 1.165) is 5.56 Å². The Hall–Kier alpha value is -0.570. The van der Waals surface area contributed by atoms with Gasteiger partial charge in [-0.15, -0.1) is 12.4 Å². The van der Waals surface area contributed by atoms with Crippen LogP contribution in [0.15, 0.2) is 0 Å². The number of benzene rings is 1. The van der Waals surface area contributed by atoms with Gasteiger partial charge in [0.1, 0.15) is 0 Å². The van der Waals surface area contributed by atoms with Crippen molar-refractivity contribution in [3.8, 4) is 0 Å². The van der Waals surface area contributed by atoms with Gasteiger partial charge < -0.3 is 10.8 Å². The molecule has 2 atom stereocenters. The second kappa shape index (κ2) is 6.74. The average molecular weight is 286 g/mol. The van der Waals surface area contributed by atoms with Gasteiger partial charge in [0.2, 0.25) is 0 Å². The highest BCUT2D eigenvalue weighted by atomic mass is 35.5. The van der Waals surface area contributed by atoms with Crippen LogP contribution in [0.5, 0.6) is 0 Å². The number of aliphatic hydroxyl groups excluding tert-OH is 1. The van der Waals surface area contributed by atoms with Gasteiger partial charge in [-0.2, -0.15) is 0 Å². The summed E-state index contributed by atoms with van der Waals surface area (Å²) >= 11 is 0. The van der Waals surface area contributed by atoms with Crippen LogP contribution in [0.4, 0.5) is 0 Å². The lowest BCUT2D eigenvalue weighted by Gasteiger charge is -2.28. The van der Waals surface area contributed by atoms with E-state index in [1.54, 1.807) is 0 Å². The van der Waals surface area contributed by atoms with Crippen LogP contribution in [0.3, 0.4) is 0 Å². The summed E-state index contributed by atoms with van der Waals surface area (Å²) in [4.78, 5) is 0. The predicted molar refractivity (Wildman–Crippen MR) is 85.1 cm³/mol. The van der Waals surface area contributed by atoms with E-state index >= 15 is 0 Å². The topological polar surface area (TPSA) is 46.2 Å². The SMILES string of the molecule is Cc1c(C)c(C)c([C@@H](N)[C@@H](O)C(C)C)c(C)c1C.Cl. The van der Waals surface area contributed by atoms with Gasteiger partial charge >= 0.3 is 0 Å². The largest absolute Gasteiger partial charge is 0.391 e. The normalized spacial score (nSPS) is 14.2. The second-order valence-corrected chi connectivity index (χ2v) is 5.80. The molecular weight excluding hydrogens is 258 g/mol. The summed E-state index contributed by atoms with van der Waals surface area (Å²) in [5.74, 6) is 0.167. The highest BCUT2D eigenvalue weighted by molar-refractivity contribution is 5.85. The van der Waals surface area contributed by atoms with Crippen molar-refractivity contribution in [3.63, 3.8) is 0 Å². The standard InChI is InChI=1S/C16H27NO.ClH/c1-8(2)16(18)15(17)14-12(6)10(4)9(3)11(5)13(14)7;/h8,15-16,18H,17H2,1-7H3;1H/t15-,16+;/m1./s1. The summed E-state index contributed by atoms with van der Waals surface area (Å²) in [6, 6.07) is -0.303. The number of aliphatic hydroxyl groups is 1. The molecule has 0 bridgehead atoms. The zero-order valence-electron chi connectivity index (χ0n) is 13.2. The van der Waals surface area contributed by atoms with Gasteiger partial charge in [0.25, 0.3) is 0 Å². The molecule has 0 spiro atoms. The molecule has 0 saturated carbocycles. The van der Waals surface area contributed by atoms with Crippen molar-refractivity contribution < 1.29 is 5.11 Å². The van der Waals surface area contributed by atoms with Gasteiger partial charge in [-0.1, -0.05) is 13.8 Å². The molecule has 3 heteroatoms. The molecule has 19 heavy (non-hydrogen) atoms. The van der Waals surface area contributed by atoms with Crippen molar-refractivity contribution in [1.29, 1.82) is 0 Å². The molecule has 0 radical (unpaired) electrons. The van der Waals surface area contributed by atoms with Crippen LogP contribution in [0.2, 0.25) is 0 Å². The summed E-state index contributed by atoms with van der Waals surface area (Å²) in [6.45, 7) is 14.6. The monoisotopic (exact) mass is 285 g/mol. The molecule has 1 aromatic carbocycles. The van der Waals surface area contributed by atoms with Crippen LogP contribution in [-0.4, -0.2) is 11.2 Å². The van der Waals surface area contributed by atoms with E-state index in [-0.39, 0.29) is 24.4 Å². The van der Waals surface area contributed by atoms with Crippen LogP contribution >= 0.6 is 12.4 Å². The van der Waals surface area contributed by atoms with E-state index < -0.39 is 6.10 Å². The lowest BCUT2D eigenvalue weighted by atomic mass is 9.83. The van der Waals surface area contributed by atoms with Crippen LogP contribution in [0.25, 0.3) is 0 Å². The first kappa shape index (κ1) is 18.4. The van der Waals surface area contributed by atoms with Crippen LogP contribution in [-0.2, 0) is 0 Å². The van der Waals surface area contributed by atoms with E-state index in [2.05, 4.69) is 34.6 Å². The van der Waals surface area contributed by atoms with Crippen molar-refractivity contribution in [2.24, 2.45) is 11.7 Å². The summed E-state index contributed by atoms with van der Waals surface area (Å²) in [7, 11) is 0. The maximum absolute atomic E-state index is 10.2. The Balaban J connectivity index is 0.00000324. The number of hydrogen-bond acceptors (Lipinski definition) is 2. The molecule has 0 fully saturated rings. The molecule has 110 valence electrons. The van der Waals surface area contributed by atoms with Gasteiger partial charge in [-0.3, -0.25) is 0 Å². The first-order valence-corrected chi connectivity index (χ1v) is 6.70. The average Bonchev–Trinajstić information content (AvgIpc) is 2.32. The molecule has 0 amide bonds. The molecule has 0 saturated heterocycles. The number of nitrogens with two attached hydrogens (primary N) is 1. The minimum absolute atomic E-state index is 0. The lowest BCUT2D eigenvalue weighted by molar-refractivity contribution is 0.0974. The zero-order chi connectivity index (χ0) is 14.2. The van der Waals surface area contributed by atoms with Crippen molar-refractivity contribution in [2.45, 2.75) is 60.6 Å². The van der Waals surface area contributed by atoms with Crippen LogP contribution < -0.4 is 5.73 Å². The predicted octanol–water partition coefficient (Wildman–Crippen LogP) is 3.67. The molecule has 0 heterocycles. The fourth-order valence-electron chi connectivity index (χ4n) is 2.61. The molecule has 3 N–H and O–H groups in total. The molecular formula is C16H28ClNO. The molecule has 0 aliphatic heterocycles. The van der Waals surface area contributed by atoms with Gasteiger partial charge in [0.15, 0.2) is 0 Å². The Morgan fingerprint density at radius 1 is 0.789 bits per heavy atom. The van der Waals surface area contributed by atoms with Crippen molar-refractivity contribution in [3.05, 3.63) is 33.4 Å². The van der Waals surface area contributed by atoms with Gasteiger partial charge in [-0.25, -0.2) is 0 Å². The number of halogens is 1. The maximum Gasteiger partial charge on any atom is 0.0755 e. The third kappa shape index (κ3) is 3.31. The Morgan fingerprint density at radius 3 is 1.42 bits per heavy atom. The summed E-state index contributed by atoms with van der Waals surface area (Å²) < 4.78 is 0.